The highest BCUT2D eigenvalue weighted by Crippen LogP contribution is 2.38. The fourth-order valence-corrected chi connectivity index (χ4v) is 6.51. The first-order valence-electron chi connectivity index (χ1n) is 17.6. The second-order valence-corrected chi connectivity index (χ2v) is 14.1. The van der Waals surface area contributed by atoms with Crippen molar-refractivity contribution in [1.82, 2.24) is 9.88 Å². The summed E-state index contributed by atoms with van der Waals surface area (Å²) in [5.74, 6) is -2.61. The van der Waals surface area contributed by atoms with Crippen molar-refractivity contribution in [2.75, 3.05) is 13.9 Å². The third kappa shape index (κ3) is 8.86. The van der Waals surface area contributed by atoms with Gasteiger partial charge in [-0.3, -0.25) is 14.4 Å². The summed E-state index contributed by atoms with van der Waals surface area (Å²) < 4.78 is 27.6. The summed E-state index contributed by atoms with van der Waals surface area (Å²) in [6.07, 6.45) is 1.70. The Labute approximate surface area is 308 Å². The number of aromatic nitrogens is 1. The summed E-state index contributed by atoms with van der Waals surface area (Å²) in [7, 11) is 1.18. The SMILES string of the molecule is COC(=O)C[C@H](C(=O)OC(C)(C)C)[C@H](O)C(=O)N(Cc1ccc2ccccc2c1)[C@H](C)[C@H](CC=Cc1nc2ccccc2o1)c1ccc2c(c1)OCO2. The maximum Gasteiger partial charge on any atom is 0.313 e. The van der Waals surface area contributed by atoms with Crippen LogP contribution >= 0.6 is 0 Å². The Morgan fingerprint density at radius 2 is 1.68 bits per heavy atom. The second kappa shape index (κ2) is 15.9. The first-order chi connectivity index (χ1) is 25.4. The molecule has 0 spiro atoms. The molecule has 1 amide bonds. The number of hydrogen-bond donors (Lipinski definition) is 1. The highest BCUT2D eigenvalue weighted by molar-refractivity contribution is 5.90. The molecule has 4 aromatic carbocycles. The van der Waals surface area contributed by atoms with E-state index in [2.05, 4.69) is 4.98 Å². The second-order valence-electron chi connectivity index (χ2n) is 14.1. The fourth-order valence-electron chi connectivity index (χ4n) is 6.51. The molecule has 0 bridgehead atoms. The van der Waals surface area contributed by atoms with E-state index >= 15 is 0 Å². The molecule has 1 aliphatic rings. The number of nitrogens with zero attached hydrogens (tertiary/aromatic N) is 2. The highest BCUT2D eigenvalue weighted by atomic mass is 16.7. The Balaban J connectivity index is 1.38. The lowest BCUT2D eigenvalue weighted by molar-refractivity contribution is -0.172. The number of ether oxygens (including phenoxy) is 4. The van der Waals surface area contributed by atoms with Crippen molar-refractivity contribution in [1.29, 1.82) is 0 Å². The fraction of sp³-hybridized carbons (Fsp3) is 0.333. The number of aliphatic hydroxyl groups is 1. The van der Waals surface area contributed by atoms with E-state index in [0.717, 1.165) is 27.4 Å². The molecule has 5 aromatic rings. The molecule has 0 radical (unpaired) electrons. The Kier molecular flexibility index (Phi) is 11.1. The van der Waals surface area contributed by atoms with Gasteiger partial charge in [0.25, 0.3) is 5.91 Å². The molecule has 1 aromatic heterocycles. The summed E-state index contributed by atoms with van der Waals surface area (Å²) in [4.78, 5) is 46.8. The number of carbonyl (C=O) groups excluding carboxylic acids is 3. The molecule has 11 heteroatoms. The molecule has 276 valence electrons. The number of aliphatic hydroxyl groups excluding tert-OH is 1. The van der Waals surface area contributed by atoms with E-state index in [1.807, 2.05) is 97.9 Å². The lowest BCUT2D eigenvalue weighted by Gasteiger charge is -2.37. The number of amides is 1. The maximum atomic E-state index is 14.7. The lowest BCUT2D eigenvalue weighted by atomic mass is 9.86. The van der Waals surface area contributed by atoms with Gasteiger partial charge in [0.05, 0.1) is 13.5 Å². The van der Waals surface area contributed by atoms with E-state index < -0.39 is 47.9 Å². The Morgan fingerprint density at radius 1 is 0.943 bits per heavy atom. The molecule has 1 aliphatic heterocycles. The zero-order valence-corrected chi connectivity index (χ0v) is 30.5. The minimum Gasteiger partial charge on any atom is -0.469 e. The molecule has 53 heavy (non-hydrogen) atoms. The van der Waals surface area contributed by atoms with Gasteiger partial charge < -0.3 is 33.4 Å². The normalized spacial score (nSPS) is 14.9. The molecule has 0 saturated carbocycles. The number of allylic oxidation sites excluding steroid dienone is 1. The van der Waals surface area contributed by atoms with Gasteiger partial charge in [-0.2, -0.15) is 0 Å². The van der Waals surface area contributed by atoms with Crippen LogP contribution in [0.3, 0.4) is 0 Å². The summed E-state index contributed by atoms with van der Waals surface area (Å²) in [5, 5.41) is 13.8. The molecule has 1 N–H and O–H groups in total. The Bertz CT molecular complexity index is 2100. The largest absolute Gasteiger partial charge is 0.469 e. The number of para-hydroxylation sites is 2. The predicted molar refractivity (Wildman–Crippen MR) is 199 cm³/mol. The molecule has 2 heterocycles. The van der Waals surface area contributed by atoms with Gasteiger partial charge in [-0.25, -0.2) is 4.98 Å². The number of esters is 2. The number of rotatable bonds is 13. The van der Waals surface area contributed by atoms with Crippen molar-refractivity contribution >= 4 is 45.8 Å². The number of oxazole rings is 1. The van der Waals surface area contributed by atoms with Crippen LogP contribution in [0, 0.1) is 5.92 Å². The average molecular weight is 721 g/mol. The van der Waals surface area contributed by atoms with Gasteiger partial charge in [0, 0.05) is 18.5 Å². The minimum atomic E-state index is -1.92. The summed E-state index contributed by atoms with van der Waals surface area (Å²) in [6.45, 7) is 7.11. The van der Waals surface area contributed by atoms with E-state index in [0.29, 0.717) is 29.4 Å². The van der Waals surface area contributed by atoms with Crippen molar-refractivity contribution < 1.29 is 42.9 Å². The van der Waals surface area contributed by atoms with Crippen molar-refractivity contribution in [2.24, 2.45) is 5.92 Å². The van der Waals surface area contributed by atoms with Crippen LogP contribution in [0.25, 0.3) is 27.9 Å². The highest BCUT2D eigenvalue weighted by Gasteiger charge is 2.41. The van der Waals surface area contributed by atoms with Crippen LogP contribution in [-0.2, 0) is 30.4 Å². The van der Waals surface area contributed by atoms with Gasteiger partial charge in [0.15, 0.2) is 17.1 Å². The van der Waals surface area contributed by atoms with Crippen LogP contribution in [0.15, 0.2) is 95.4 Å². The summed E-state index contributed by atoms with van der Waals surface area (Å²) in [5.41, 5.74) is 2.14. The zero-order valence-electron chi connectivity index (χ0n) is 30.5. The standard InChI is InChI=1S/C42H44N2O9/c1-26(31(30-19-20-35-36(22-30)51-25-50-35)13-10-16-37-43-33-14-8-9-15-34(33)52-37)44(24-27-17-18-28-11-6-7-12-29(28)21-27)40(47)39(46)32(23-38(45)49-5)41(48)53-42(2,3)4/h6-12,14-22,26,31-32,39,46H,13,23-25H2,1-5H3/t26-,31+,32+,39+/m1/s1. The van der Waals surface area contributed by atoms with Crippen LogP contribution < -0.4 is 9.47 Å². The third-order valence-electron chi connectivity index (χ3n) is 9.27. The van der Waals surface area contributed by atoms with Crippen LogP contribution in [-0.4, -0.2) is 64.5 Å². The molecule has 11 nitrogen and oxygen atoms in total. The third-order valence-corrected chi connectivity index (χ3v) is 9.27. The first-order valence-corrected chi connectivity index (χ1v) is 17.6. The van der Waals surface area contributed by atoms with Crippen LogP contribution in [0.5, 0.6) is 11.5 Å². The van der Waals surface area contributed by atoms with E-state index in [9.17, 15) is 19.5 Å². The quantitative estimate of drug-likeness (QED) is 0.124. The van der Waals surface area contributed by atoms with Gasteiger partial charge >= 0.3 is 11.9 Å². The number of hydrogen-bond acceptors (Lipinski definition) is 10. The van der Waals surface area contributed by atoms with Gasteiger partial charge in [0.2, 0.25) is 12.7 Å². The molecule has 0 fully saturated rings. The topological polar surface area (TPSA) is 138 Å². The maximum absolute atomic E-state index is 14.7. The molecular formula is C42H44N2O9. The smallest absolute Gasteiger partial charge is 0.313 e. The monoisotopic (exact) mass is 720 g/mol. The van der Waals surface area contributed by atoms with Gasteiger partial charge in [-0.05, 0) is 92.4 Å². The minimum absolute atomic E-state index is 0.0943. The Hall–Kier alpha value is -5.68. The van der Waals surface area contributed by atoms with E-state index in [1.54, 1.807) is 31.7 Å². The van der Waals surface area contributed by atoms with Gasteiger partial charge in [-0.15, -0.1) is 0 Å². The van der Waals surface area contributed by atoms with Crippen molar-refractivity contribution in [2.45, 2.75) is 70.7 Å². The van der Waals surface area contributed by atoms with Gasteiger partial charge in [-0.1, -0.05) is 60.7 Å². The molecule has 0 aliphatic carbocycles. The Morgan fingerprint density at radius 3 is 2.43 bits per heavy atom. The lowest BCUT2D eigenvalue weighted by Crippen LogP contribution is -2.50. The molecule has 4 atom stereocenters. The van der Waals surface area contributed by atoms with E-state index in [-0.39, 0.29) is 19.3 Å². The van der Waals surface area contributed by atoms with Crippen molar-refractivity contribution in [3.63, 3.8) is 0 Å². The first kappa shape index (κ1) is 37.1. The molecule has 0 unspecified atom stereocenters. The summed E-state index contributed by atoms with van der Waals surface area (Å²) in [6, 6.07) is 26.4. The van der Waals surface area contributed by atoms with Crippen molar-refractivity contribution in [3.05, 3.63) is 108 Å². The van der Waals surface area contributed by atoms with Gasteiger partial charge in [0.1, 0.15) is 23.1 Å². The van der Waals surface area contributed by atoms with Crippen LogP contribution in [0.1, 0.15) is 63.5 Å². The number of fused-ring (bicyclic) bond motifs is 3. The molecular weight excluding hydrogens is 676 g/mol. The van der Waals surface area contributed by atoms with E-state index in [1.165, 1.54) is 7.11 Å². The van der Waals surface area contributed by atoms with Crippen molar-refractivity contribution in [3.8, 4) is 11.5 Å². The number of benzene rings is 4. The van der Waals surface area contributed by atoms with Crippen LogP contribution in [0.4, 0.5) is 0 Å². The zero-order chi connectivity index (χ0) is 37.7. The summed E-state index contributed by atoms with van der Waals surface area (Å²) >= 11 is 0. The van der Waals surface area contributed by atoms with E-state index in [4.69, 9.17) is 23.4 Å². The predicted octanol–water partition coefficient (Wildman–Crippen LogP) is 7.20. The number of methoxy groups -OCH3 is 1. The average Bonchev–Trinajstić information content (AvgIpc) is 3.79. The van der Waals surface area contributed by atoms with Crippen LogP contribution in [0.2, 0.25) is 0 Å². The molecule has 0 saturated heterocycles. The molecule has 6 rings (SSSR count). The number of carbonyl (C=O) groups is 3.